The second-order valence-corrected chi connectivity index (χ2v) is 6.48. The van der Waals surface area contributed by atoms with E-state index in [4.69, 9.17) is 9.84 Å². The summed E-state index contributed by atoms with van der Waals surface area (Å²) in [5, 5.41) is 22.8. The highest BCUT2D eigenvalue weighted by Crippen LogP contribution is 2.38. The Morgan fingerprint density at radius 2 is 1.97 bits per heavy atom. The van der Waals surface area contributed by atoms with Gasteiger partial charge in [0.2, 0.25) is 0 Å². The predicted octanol–water partition coefficient (Wildman–Crippen LogP) is 1.09. The molecule has 1 aliphatic heterocycles. The van der Waals surface area contributed by atoms with Crippen LogP contribution < -0.4 is 10.1 Å². The van der Waals surface area contributed by atoms with Crippen LogP contribution in [0.3, 0.4) is 0 Å². The van der Waals surface area contributed by atoms with Crippen molar-refractivity contribution >= 4 is 17.4 Å². The van der Waals surface area contributed by atoms with Gasteiger partial charge >= 0.3 is 0 Å². The van der Waals surface area contributed by atoms with Crippen LogP contribution in [-0.2, 0) is 9.59 Å². The first-order valence-corrected chi connectivity index (χ1v) is 9.22. The van der Waals surface area contributed by atoms with Crippen LogP contribution in [0, 0.1) is 0 Å². The number of benzene rings is 1. The Labute approximate surface area is 168 Å². The number of hydrogen-bond donors (Lipinski definition) is 3. The zero-order valence-electron chi connectivity index (χ0n) is 16.0. The number of likely N-dealkylation sites (tertiary alicyclic amines) is 1. The largest absolute Gasteiger partial charge is 0.507 e. The average Bonchev–Trinajstić information content (AvgIpc) is 3.01. The van der Waals surface area contributed by atoms with Gasteiger partial charge in [-0.25, -0.2) is 0 Å². The predicted molar refractivity (Wildman–Crippen MR) is 106 cm³/mol. The molecule has 1 aromatic carbocycles. The number of nitrogens with one attached hydrogen (secondary N) is 1. The maximum atomic E-state index is 12.8. The maximum Gasteiger partial charge on any atom is 0.295 e. The molecule has 0 saturated carbocycles. The third-order valence-corrected chi connectivity index (χ3v) is 4.72. The lowest BCUT2D eigenvalue weighted by Crippen LogP contribution is -2.36. The van der Waals surface area contributed by atoms with Crippen molar-refractivity contribution in [3.8, 4) is 5.75 Å². The minimum Gasteiger partial charge on any atom is -0.507 e. The number of carbonyl (C=O) groups is 2. The zero-order chi connectivity index (χ0) is 20.8. The van der Waals surface area contributed by atoms with Crippen LogP contribution in [0.4, 0.5) is 0 Å². The molecule has 3 N–H and O–H groups in total. The molecule has 0 spiro atoms. The summed E-state index contributed by atoms with van der Waals surface area (Å²) in [6, 6.07) is 9.33. The van der Waals surface area contributed by atoms with E-state index in [-0.39, 0.29) is 24.5 Å². The first-order chi connectivity index (χ1) is 14.1. The van der Waals surface area contributed by atoms with Crippen molar-refractivity contribution in [2.45, 2.75) is 6.04 Å². The fourth-order valence-electron chi connectivity index (χ4n) is 3.30. The third kappa shape index (κ3) is 4.28. The molecule has 2 aromatic rings. The molecular formula is C21H23N3O5. The average molecular weight is 397 g/mol. The minimum atomic E-state index is -0.748. The van der Waals surface area contributed by atoms with Crippen LogP contribution in [0.15, 0.2) is 54.4 Å². The summed E-state index contributed by atoms with van der Waals surface area (Å²) < 4.78 is 5.12. The van der Waals surface area contributed by atoms with Gasteiger partial charge in [0.25, 0.3) is 11.7 Å². The quantitative estimate of drug-likeness (QED) is 0.265. The van der Waals surface area contributed by atoms with Gasteiger partial charge < -0.3 is 25.2 Å². The molecule has 152 valence electrons. The second kappa shape index (κ2) is 9.31. The Morgan fingerprint density at radius 3 is 2.59 bits per heavy atom. The molecule has 1 aromatic heterocycles. The lowest BCUT2D eigenvalue weighted by Gasteiger charge is -2.25. The molecule has 2 heterocycles. The fraction of sp³-hybridized carbons (Fsp3) is 0.286. The Balaban J connectivity index is 2.02. The Morgan fingerprint density at radius 1 is 1.21 bits per heavy atom. The van der Waals surface area contributed by atoms with Crippen LogP contribution in [0.1, 0.15) is 17.2 Å². The molecule has 8 heteroatoms. The highest BCUT2D eigenvalue weighted by molar-refractivity contribution is 6.46. The number of aromatic nitrogens is 1. The SMILES string of the molecule is COc1ccc(/C(O)=C2\C(=O)C(=O)N(CCNCCO)C2c2cccnc2)cc1. The van der Waals surface area contributed by atoms with Crippen LogP contribution in [0.5, 0.6) is 5.75 Å². The minimum absolute atomic E-state index is 0.0234. The van der Waals surface area contributed by atoms with Crippen LogP contribution in [-0.4, -0.2) is 65.1 Å². The number of amides is 1. The number of pyridine rings is 1. The topological polar surface area (TPSA) is 112 Å². The molecule has 0 radical (unpaired) electrons. The van der Waals surface area contributed by atoms with Gasteiger partial charge in [0, 0.05) is 37.6 Å². The smallest absolute Gasteiger partial charge is 0.295 e. The fourth-order valence-corrected chi connectivity index (χ4v) is 3.30. The molecule has 1 unspecified atom stereocenters. The van der Waals surface area contributed by atoms with E-state index >= 15 is 0 Å². The molecule has 0 bridgehead atoms. The molecule has 1 saturated heterocycles. The number of ether oxygens (including phenoxy) is 1. The molecular weight excluding hydrogens is 374 g/mol. The number of rotatable bonds is 8. The van der Waals surface area contributed by atoms with Crippen molar-refractivity contribution in [3.63, 3.8) is 0 Å². The van der Waals surface area contributed by atoms with Crippen molar-refractivity contribution in [1.29, 1.82) is 0 Å². The summed E-state index contributed by atoms with van der Waals surface area (Å²) in [6.07, 6.45) is 3.17. The number of aliphatic hydroxyl groups excluding tert-OH is 2. The number of methoxy groups -OCH3 is 1. The van der Waals surface area contributed by atoms with Gasteiger partial charge in [0.15, 0.2) is 0 Å². The van der Waals surface area contributed by atoms with Crippen molar-refractivity contribution in [1.82, 2.24) is 15.2 Å². The van der Waals surface area contributed by atoms with Crippen molar-refractivity contribution in [2.75, 3.05) is 33.4 Å². The van der Waals surface area contributed by atoms with E-state index in [1.54, 1.807) is 48.8 Å². The molecule has 8 nitrogen and oxygen atoms in total. The number of nitrogens with zero attached hydrogens (tertiary/aromatic N) is 2. The summed E-state index contributed by atoms with van der Waals surface area (Å²) in [6.45, 7) is 0.992. The molecule has 1 atom stereocenters. The molecule has 3 rings (SSSR count). The van der Waals surface area contributed by atoms with Gasteiger partial charge in [-0.2, -0.15) is 0 Å². The highest BCUT2D eigenvalue weighted by atomic mass is 16.5. The molecule has 0 aliphatic carbocycles. The lowest BCUT2D eigenvalue weighted by atomic mass is 9.96. The Bertz CT molecular complexity index is 896. The standard InChI is InChI=1S/C21H23N3O5/c1-29-16-6-4-14(5-7-16)19(26)17-18(15-3-2-8-23-13-15)24(21(28)20(17)27)11-9-22-10-12-25/h2-8,13,18,22,25-26H,9-12H2,1H3/b19-17+. The monoisotopic (exact) mass is 397 g/mol. The summed E-state index contributed by atoms with van der Waals surface area (Å²) in [7, 11) is 1.54. The maximum absolute atomic E-state index is 12.8. The number of carbonyl (C=O) groups excluding carboxylic acids is 2. The van der Waals surface area contributed by atoms with E-state index in [0.29, 0.717) is 30.0 Å². The van der Waals surface area contributed by atoms with Crippen LogP contribution in [0.2, 0.25) is 0 Å². The Hall–Kier alpha value is -3.23. The summed E-state index contributed by atoms with van der Waals surface area (Å²) in [5.41, 5.74) is 1.07. The lowest BCUT2D eigenvalue weighted by molar-refractivity contribution is -0.139. The first-order valence-electron chi connectivity index (χ1n) is 9.22. The van der Waals surface area contributed by atoms with Crippen molar-refractivity contribution in [2.24, 2.45) is 0 Å². The van der Waals surface area contributed by atoms with E-state index in [9.17, 15) is 14.7 Å². The van der Waals surface area contributed by atoms with E-state index in [1.165, 1.54) is 12.0 Å². The first kappa shape index (κ1) is 20.5. The summed E-state index contributed by atoms with van der Waals surface area (Å²) in [5.74, 6) is -1.06. The number of Topliss-reactive ketones (excluding diaryl/α,β-unsaturated/α-hetero) is 1. The van der Waals surface area contributed by atoms with E-state index < -0.39 is 17.7 Å². The molecule has 1 aliphatic rings. The third-order valence-electron chi connectivity index (χ3n) is 4.72. The number of hydrogen-bond acceptors (Lipinski definition) is 7. The molecule has 29 heavy (non-hydrogen) atoms. The summed E-state index contributed by atoms with van der Waals surface area (Å²) in [4.78, 5) is 31.0. The highest BCUT2D eigenvalue weighted by Gasteiger charge is 2.45. The van der Waals surface area contributed by atoms with Crippen LogP contribution in [0.25, 0.3) is 5.76 Å². The van der Waals surface area contributed by atoms with Crippen molar-refractivity contribution in [3.05, 3.63) is 65.5 Å². The van der Waals surface area contributed by atoms with E-state index in [2.05, 4.69) is 10.3 Å². The van der Waals surface area contributed by atoms with E-state index in [1.807, 2.05) is 0 Å². The van der Waals surface area contributed by atoms with Gasteiger partial charge in [0.05, 0.1) is 25.3 Å². The number of aliphatic hydroxyl groups is 2. The van der Waals surface area contributed by atoms with Gasteiger partial charge in [-0.3, -0.25) is 14.6 Å². The van der Waals surface area contributed by atoms with Gasteiger partial charge in [-0.1, -0.05) is 6.07 Å². The van der Waals surface area contributed by atoms with Gasteiger partial charge in [-0.15, -0.1) is 0 Å². The molecule has 1 amide bonds. The normalized spacial score (nSPS) is 18.3. The van der Waals surface area contributed by atoms with Gasteiger partial charge in [-0.05, 0) is 35.9 Å². The zero-order valence-corrected chi connectivity index (χ0v) is 16.0. The van der Waals surface area contributed by atoms with Crippen LogP contribution >= 0.6 is 0 Å². The number of ketones is 1. The van der Waals surface area contributed by atoms with E-state index in [0.717, 1.165) is 0 Å². The van der Waals surface area contributed by atoms with Crippen molar-refractivity contribution < 1.29 is 24.5 Å². The van der Waals surface area contributed by atoms with Gasteiger partial charge in [0.1, 0.15) is 11.5 Å². The second-order valence-electron chi connectivity index (χ2n) is 6.48. The Kier molecular flexibility index (Phi) is 6.58. The molecule has 1 fully saturated rings. The summed E-state index contributed by atoms with van der Waals surface area (Å²) >= 11 is 0.